The van der Waals surface area contributed by atoms with E-state index in [1.54, 1.807) is 12.1 Å². The standard InChI is InChI=1S/C31H33N3O6.Li.H/c35-30(34-17-21-6-2-1-5-20(21)13-22(34)18-32-9-11-38-12-10-32)24-16-29-28(39-19-40-29)15-23(24)27-14-25(31(36)37)26-7-3-4-8-33(26)27;;/h1-2,5-6,14-16,22H,3-4,7-13,17-19H2,(H,36,37);;/q;+1;-1/t22-;;/m0../s1. The van der Waals surface area contributed by atoms with Gasteiger partial charge in [0.15, 0.2) is 11.5 Å². The topological polar surface area (TPSA) is 93.5 Å². The van der Waals surface area contributed by atoms with Gasteiger partial charge in [-0.1, -0.05) is 24.3 Å². The summed E-state index contributed by atoms with van der Waals surface area (Å²) in [5.74, 6) is 0.0924. The Hall–Kier alpha value is -3.22. The number of carboxylic acid groups (broad SMARTS) is 1. The number of ether oxygens (including phenoxy) is 3. The molecule has 1 fully saturated rings. The van der Waals surface area contributed by atoms with E-state index in [0.29, 0.717) is 54.4 Å². The van der Waals surface area contributed by atoms with Crippen molar-refractivity contribution < 1.29 is 49.2 Å². The van der Waals surface area contributed by atoms with Crippen LogP contribution in [0.3, 0.4) is 0 Å². The maximum Gasteiger partial charge on any atom is 1.00 e. The fourth-order valence-electron chi connectivity index (χ4n) is 6.64. The van der Waals surface area contributed by atoms with Crippen molar-refractivity contribution in [1.82, 2.24) is 14.4 Å². The van der Waals surface area contributed by atoms with Crippen molar-refractivity contribution in [3.05, 3.63) is 70.4 Å². The third kappa shape index (κ3) is 5.17. The van der Waals surface area contributed by atoms with Crippen molar-refractivity contribution in [3.63, 3.8) is 0 Å². The number of hydrogen-bond donors (Lipinski definition) is 1. The van der Waals surface area contributed by atoms with Crippen LogP contribution in [0.5, 0.6) is 11.5 Å². The molecular formula is C31H34LiN3O6. The summed E-state index contributed by atoms with van der Waals surface area (Å²) in [6, 6.07) is 13.7. The molecule has 0 spiro atoms. The fraction of sp³-hybridized carbons (Fsp3) is 0.419. The van der Waals surface area contributed by atoms with Crippen molar-refractivity contribution in [3.8, 4) is 22.8 Å². The Kier molecular flexibility index (Phi) is 7.88. The first-order chi connectivity index (χ1) is 19.6. The van der Waals surface area contributed by atoms with Crippen LogP contribution in [-0.4, -0.2) is 77.0 Å². The minimum atomic E-state index is -0.941. The number of hydrogen-bond acceptors (Lipinski definition) is 6. The van der Waals surface area contributed by atoms with Crippen LogP contribution in [0.1, 0.15) is 51.8 Å². The van der Waals surface area contributed by atoms with Crippen LogP contribution in [0, 0.1) is 0 Å². The van der Waals surface area contributed by atoms with Gasteiger partial charge in [-0.05, 0) is 55.0 Å². The minimum absolute atomic E-state index is 0. The molecule has 41 heavy (non-hydrogen) atoms. The Morgan fingerprint density at radius 3 is 2.49 bits per heavy atom. The summed E-state index contributed by atoms with van der Waals surface area (Å²) in [6.45, 7) is 5.21. The van der Waals surface area contributed by atoms with Crippen LogP contribution in [0.15, 0.2) is 42.5 Å². The molecule has 7 rings (SSSR count). The van der Waals surface area contributed by atoms with Crippen molar-refractivity contribution in [1.29, 1.82) is 0 Å². The number of carboxylic acids is 1. The molecule has 0 saturated carbocycles. The number of rotatable bonds is 5. The number of fused-ring (bicyclic) bond motifs is 3. The third-order valence-corrected chi connectivity index (χ3v) is 8.69. The summed E-state index contributed by atoms with van der Waals surface area (Å²) >= 11 is 0. The van der Waals surface area contributed by atoms with Crippen LogP contribution in [0.4, 0.5) is 0 Å². The van der Waals surface area contributed by atoms with E-state index in [2.05, 4.69) is 27.7 Å². The SMILES string of the molecule is O=C(O)c1cc(-c2cc3c(cc2C(=O)N2Cc4ccccc4C[C@H]2CN2CCOCC2)OCO3)n2c1CCCC2.[H-].[Li+]. The fourth-order valence-corrected chi connectivity index (χ4v) is 6.64. The molecule has 1 aromatic heterocycles. The normalized spacial score (nSPS) is 19.7. The Labute approximate surface area is 252 Å². The van der Waals surface area contributed by atoms with Gasteiger partial charge in [-0.25, -0.2) is 4.79 Å². The van der Waals surface area contributed by atoms with Crippen LogP contribution >= 0.6 is 0 Å². The minimum Gasteiger partial charge on any atom is -1.00 e. The first-order valence-corrected chi connectivity index (χ1v) is 14.1. The van der Waals surface area contributed by atoms with Gasteiger partial charge in [-0.2, -0.15) is 0 Å². The Bertz CT molecular complexity index is 1490. The van der Waals surface area contributed by atoms with Gasteiger partial charge in [0.05, 0.1) is 30.0 Å². The van der Waals surface area contributed by atoms with Crippen LogP contribution in [-0.2, 0) is 30.7 Å². The zero-order valence-electron chi connectivity index (χ0n) is 24.4. The average molecular weight is 552 g/mol. The second kappa shape index (κ2) is 11.6. The van der Waals surface area contributed by atoms with Gasteiger partial charge in [0.2, 0.25) is 6.79 Å². The molecule has 2 aromatic carbocycles. The molecule has 5 heterocycles. The molecule has 9 nitrogen and oxygen atoms in total. The maximum atomic E-state index is 14.6. The van der Waals surface area contributed by atoms with E-state index in [9.17, 15) is 14.7 Å². The van der Waals surface area contributed by atoms with E-state index >= 15 is 0 Å². The maximum absolute atomic E-state index is 14.6. The molecule has 0 aliphatic carbocycles. The molecule has 1 atom stereocenters. The summed E-state index contributed by atoms with van der Waals surface area (Å²) < 4.78 is 19.1. The molecule has 4 aliphatic heterocycles. The summed E-state index contributed by atoms with van der Waals surface area (Å²) in [7, 11) is 0. The summed E-state index contributed by atoms with van der Waals surface area (Å²) in [4.78, 5) is 31.2. The van der Waals surface area contributed by atoms with Gasteiger partial charge in [0.1, 0.15) is 0 Å². The third-order valence-electron chi connectivity index (χ3n) is 8.69. The first-order valence-electron chi connectivity index (χ1n) is 14.1. The number of amides is 1. The number of aromatic carboxylic acids is 1. The smallest absolute Gasteiger partial charge is 1.00 e. The molecule has 210 valence electrons. The molecule has 1 saturated heterocycles. The summed E-state index contributed by atoms with van der Waals surface area (Å²) in [5, 5.41) is 9.97. The quantitative estimate of drug-likeness (QED) is 0.472. The van der Waals surface area contributed by atoms with Gasteiger partial charge in [-0.15, -0.1) is 0 Å². The predicted molar refractivity (Wildman–Crippen MR) is 148 cm³/mol. The average Bonchev–Trinajstić information content (AvgIpc) is 3.61. The van der Waals surface area contributed by atoms with Crippen molar-refractivity contribution >= 4 is 11.9 Å². The van der Waals surface area contributed by atoms with Gasteiger partial charge in [0.25, 0.3) is 5.91 Å². The molecule has 1 amide bonds. The van der Waals surface area contributed by atoms with E-state index in [4.69, 9.17) is 14.2 Å². The van der Waals surface area contributed by atoms with Gasteiger partial charge in [-0.3, -0.25) is 9.69 Å². The number of carbonyl (C=O) groups is 2. The predicted octanol–water partition coefficient (Wildman–Crippen LogP) is 0.934. The molecule has 3 aromatic rings. The second-order valence-electron chi connectivity index (χ2n) is 11.0. The van der Waals surface area contributed by atoms with E-state index in [1.807, 2.05) is 17.0 Å². The van der Waals surface area contributed by atoms with Crippen LogP contribution < -0.4 is 28.3 Å². The van der Waals surface area contributed by atoms with E-state index in [0.717, 1.165) is 62.4 Å². The monoisotopic (exact) mass is 551 g/mol. The number of nitrogens with zero attached hydrogens (tertiary/aromatic N) is 3. The zero-order chi connectivity index (χ0) is 27.2. The van der Waals surface area contributed by atoms with Crippen molar-refractivity contribution in [2.75, 3.05) is 39.6 Å². The molecule has 10 heteroatoms. The number of morpholine rings is 1. The first kappa shape index (κ1) is 27.9. The van der Waals surface area contributed by atoms with E-state index in [-0.39, 0.29) is 39.0 Å². The number of carbonyl (C=O) groups excluding carboxylic acids is 1. The number of aromatic nitrogens is 1. The summed E-state index contributed by atoms with van der Waals surface area (Å²) in [6.07, 6.45) is 3.40. The largest absolute Gasteiger partial charge is 1.00 e. The van der Waals surface area contributed by atoms with Crippen LogP contribution in [0.2, 0.25) is 0 Å². The van der Waals surface area contributed by atoms with Gasteiger partial charge >= 0.3 is 24.8 Å². The molecule has 1 N–H and O–H groups in total. The zero-order valence-corrected chi connectivity index (χ0v) is 23.4. The summed E-state index contributed by atoms with van der Waals surface area (Å²) in [5.41, 5.74) is 5.51. The van der Waals surface area contributed by atoms with Crippen molar-refractivity contribution in [2.45, 2.75) is 44.8 Å². The van der Waals surface area contributed by atoms with E-state index in [1.165, 1.54) is 5.56 Å². The molecule has 0 radical (unpaired) electrons. The molecule has 0 unspecified atom stereocenters. The molecule has 0 bridgehead atoms. The van der Waals surface area contributed by atoms with Crippen LogP contribution in [0.25, 0.3) is 11.3 Å². The van der Waals surface area contributed by atoms with Crippen molar-refractivity contribution in [2.24, 2.45) is 0 Å². The van der Waals surface area contributed by atoms with Gasteiger partial charge < -0.3 is 30.2 Å². The Morgan fingerprint density at radius 2 is 1.71 bits per heavy atom. The Morgan fingerprint density at radius 1 is 0.951 bits per heavy atom. The Balaban J connectivity index is 0.00000176. The van der Waals surface area contributed by atoms with Gasteiger partial charge in [0, 0.05) is 50.0 Å². The molecular weight excluding hydrogens is 517 g/mol. The molecule has 4 aliphatic rings. The van der Waals surface area contributed by atoms with E-state index < -0.39 is 5.97 Å². The number of benzene rings is 2. The second-order valence-corrected chi connectivity index (χ2v) is 11.0.